The van der Waals surface area contributed by atoms with Gasteiger partial charge in [-0.25, -0.2) is 13.8 Å². The van der Waals surface area contributed by atoms with Crippen LogP contribution in [0.15, 0.2) is 32.1 Å². The van der Waals surface area contributed by atoms with Crippen LogP contribution >= 0.6 is 0 Å². The summed E-state index contributed by atoms with van der Waals surface area (Å²) < 4.78 is 23.4. The van der Waals surface area contributed by atoms with Crippen molar-refractivity contribution >= 4 is 5.82 Å². The van der Waals surface area contributed by atoms with Gasteiger partial charge in [0.1, 0.15) is 5.82 Å². The Balaban J connectivity index is 1.86. The van der Waals surface area contributed by atoms with Crippen LogP contribution in [0, 0.1) is 15.9 Å². The second kappa shape index (κ2) is 4.56. The number of rotatable bonds is 3. The zero-order chi connectivity index (χ0) is 16.1. The summed E-state index contributed by atoms with van der Waals surface area (Å²) in [5.74, 6) is -2.17. The quantitative estimate of drug-likeness (QED) is 0.517. The molecule has 0 aliphatic heterocycles. The van der Waals surface area contributed by atoms with E-state index in [1.807, 2.05) is 0 Å². The molecule has 0 N–H and O–H groups in total. The van der Waals surface area contributed by atoms with Gasteiger partial charge in [-0.2, -0.15) is 0 Å². The molecule has 11 heteroatoms. The summed E-state index contributed by atoms with van der Waals surface area (Å²) in [6, 6.07) is 3.67. The molecule has 1 unspecified atom stereocenters. The Morgan fingerprint density at radius 2 is 2.17 bits per heavy atom. The van der Waals surface area contributed by atoms with Crippen molar-refractivity contribution in [1.29, 1.82) is 0 Å². The van der Waals surface area contributed by atoms with E-state index in [-0.39, 0.29) is 11.5 Å². The summed E-state index contributed by atoms with van der Waals surface area (Å²) in [4.78, 5) is 22.0. The van der Waals surface area contributed by atoms with Crippen LogP contribution in [0.4, 0.5) is 10.2 Å². The Morgan fingerprint density at radius 1 is 1.35 bits per heavy atom. The molecule has 4 rings (SSSR count). The van der Waals surface area contributed by atoms with E-state index in [1.54, 1.807) is 6.07 Å². The maximum Gasteiger partial charge on any atom is 0.446 e. The van der Waals surface area contributed by atoms with Gasteiger partial charge in [-0.3, -0.25) is 4.52 Å². The molecule has 1 aliphatic rings. The second-order valence-electron chi connectivity index (χ2n) is 4.90. The molecule has 0 saturated carbocycles. The Bertz CT molecular complexity index is 990. The number of hydrogen-bond acceptors (Lipinski definition) is 8. The molecular weight excluding hydrogens is 313 g/mol. The third-order valence-corrected chi connectivity index (χ3v) is 3.68. The van der Waals surface area contributed by atoms with Gasteiger partial charge < -0.3 is 10.1 Å². The molecule has 2 heterocycles. The van der Waals surface area contributed by atoms with Gasteiger partial charge in [0.05, 0.1) is 6.04 Å². The van der Waals surface area contributed by atoms with Gasteiger partial charge in [0.2, 0.25) is 5.82 Å². The molecule has 3 aromatic rings. The van der Waals surface area contributed by atoms with Gasteiger partial charge in [-0.1, -0.05) is 11.2 Å². The van der Waals surface area contributed by atoms with E-state index in [0.717, 1.165) is 10.1 Å². The summed E-state index contributed by atoms with van der Waals surface area (Å²) in [7, 11) is 0. The number of hydrogen-bond donors (Lipinski definition) is 0. The monoisotopic (exact) mass is 319 g/mol. The van der Waals surface area contributed by atoms with Gasteiger partial charge >= 0.3 is 11.6 Å². The zero-order valence-electron chi connectivity index (χ0n) is 11.2. The number of fused-ring (bicyclic) bond motifs is 1. The molecule has 116 valence electrons. The minimum atomic E-state index is -0.836. The summed E-state index contributed by atoms with van der Waals surface area (Å²) in [5.41, 5.74) is 1.12. The summed E-state index contributed by atoms with van der Waals surface area (Å²) in [6.07, 6.45) is 0.433. The summed E-state index contributed by atoms with van der Waals surface area (Å²) in [6.45, 7) is 0. The highest BCUT2D eigenvalue weighted by molar-refractivity contribution is 5.59. The predicted molar refractivity (Wildman–Crippen MR) is 69.0 cm³/mol. The molecule has 0 fully saturated rings. The molecule has 0 saturated heterocycles. The van der Waals surface area contributed by atoms with E-state index >= 15 is 0 Å². The summed E-state index contributed by atoms with van der Waals surface area (Å²) in [5, 5.41) is 21.0. The molecular formula is C12H6FN5O5. The number of nitrogens with zero attached hydrogens (tertiary/aromatic N) is 5. The van der Waals surface area contributed by atoms with E-state index in [2.05, 4.69) is 24.6 Å². The molecule has 0 bridgehead atoms. The maximum absolute atomic E-state index is 13.4. The summed E-state index contributed by atoms with van der Waals surface area (Å²) >= 11 is 0. The fourth-order valence-corrected chi connectivity index (χ4v) is 2.61. The molecule has 1 aliphatic carbocycles. The maximum atomic E-state index is 13.4. The zero-order valence-corrected chi connectivity index (χ0v) is 11.2. The lowest BCUT2D eigenvalue weighted by atomic mass is 9.83. The van der Waals surface area contributed by atoms with Crippen molar-refractivity contribution in [2.75, 3.05) is 0 Å². The van der Waals surface area contributed by atoms with Crippen molar-refractivity contribution in [2.24, 2.45) is 0 Å². The fraction of sp³-hybridized carbons (Fsp3) is 0.167. The van der Waals surface area contributed by atoms with Crippen LogP contribution in [-0.4, -0.2) is 25.0 Å². The topological polar surface area (TPSA) is 130 Å². The molecule has 2 aromatic heterocycles. The number of nitro groups is 1. The third kappa shape index (κ3) is 1.86. The van der Waals surface area contributed by atoms with Crippen LogP contribution in [0.1, 0.15) is 17.2 Å². The van der Waals surface area contributed by atoms with Gasteiger partial charge in [-0.15, -0.1) is 4.63 Å². The van der Waals surface area contributed by atoms with Gasteiger partial charge in [0.15, 0.2) is 5.16 Å². The smallest absolute Gasteiger partial charge is 0.358 e. The van der Waals surface area contributed by atoms with Crippen LogP contribution in [0.5, 0.6) is 0 Å². The predicted octanol–water partition coefficient (Wildman–Crippen LogP) is 1.08. The Hall–Kier alpha value is -3.37. The standard InChI is InChI=1S/C12H6FN5O5/c13-6-2-1-5-3-8(7(5)4-6)17-10(15-22-12(17)19)9-11(18(20)21)16-23-14-9/h1-2,4,8H,3H2. The Labute approximate surface area is 125 Å². The van der Waals surface area contributed by atoms with Crippen molar-refractivity contribution in [1.82, 2.24) is 20.0 Å². The van der Waals surface area contributed by atoms with Crippen LogP contribution < -0.4 is 5.76 Å². The highest BCUT2D eigenvalue weighted by Gasteiger charge is 2.36. The normalized spacial score (nSPS) is 16.0. The van der Waals surface area contributed by atoms with E-state index in [1.165, 1.54) is 12.1 Å². The Kier molecular flexibility index (Phi) is 2.64. The number of aromatic nitrogens is 4. The van der Waals surface area contributed by atoms with Gasteiger partial charge in [-0.05, 0) is 39.8 Å². The second-order valence-corrected chi connectivity index (χ2v) is 4.90. The molecule has 1 aromatic carbocycles. The Morgan fingerprint density at radius 3 is 2.96 bits per heavy atom. The van der Waals surface area contributed by atoms with Gasteiger partial charge in [0, 0.05) is 0 Å². The lowest BCUT2D eigenvalue weighted by Crippen LogP contribution is -2.31. The van der Waals surface area contributed by atoms with Crippen molar-refractivity contribution < 1.29 is 18.5 Å². The van der Waals surface area contributed by atoms with Crippen molar-refractivity contribution in [3.63, 3.8) is 0 Å². The van der Waals surface area contributed by atoms with E-state index in [4.69, 9.17) is 0 Å². The first-order valence-corrected chi connectivity index (χ1v) is 6.40. The average molecular weight is 319 g/mol. The number of benzene rings is 1. The largest absolute Gasteiger partial charge is 0.446 e. The molecule has 23 heavy (non-hydrogen) atoms. The van der Waals surface area contributed by atoms with E-state index in [0.29, 0.717) is 12.0 Å². The number of halogens is 1. The molecule has 0 radical (unpaired) electrons. The molecule has 10 nitrogen and oxygen atoms in total. The molecule has 1 atom stereocenters. The van der Waals surface area contributed by atoms with E-state index < -0.39 is 28.4 Å². The SMILES string of the molecule is O=c1onc(-c2nonc2[N+](=O)[O-])n1C1Cc2ccc(F)cc21. The lowest BCUT2D eigenvalue weighted by Gasteiger charge is -2.30. The van der Waals surface area contributed by atoms with Crippen molar-refractivity contribution in [2.45, 2.75) is 12.5 Å². The third-order valence-electron chi connectivity index (χ3n) is 3.68. The first-order valence-electron chi connectivity index (χ1n) is 6.40. The van der Waals surface area contributed by atoms with E-state index in [9.17, 15) is 19.3 Å². The first-order chi connectivity index (χ1) is 11.1. The minimum Gasteiger partial charge on any atom is -0.358 e. The molecule has 0 spiro atoms. The van der Waals surface area contributed by atoms with Crippen LogP contribution in [0.3, 0.4) is 0 Å². The van der Waals surface area contributed by atoms with Crippen LogP contribution in [0.2, 0.25) is 0 Å². The average Bonchev–Trinajstić information content (AvgIpc) is 3.10. The van der Waals surface area contributed by atoms with Gasteiger partial charge in [0.25, 0.3) is 5.69 Å². The van der Waals surface area contributed by atoms with Crippen molar-refractivity contribution in [3.8, 4) is 11.5 Å². The highest BCUT2D eigenvalue weighted by Crippen LogP contribution is 2.38. The lowest BCUT2D eigenvalue weighted by molar-refractivity contribution is -0.390. The van der Waals surface area contributed by atoms with Crippen LogP contribution in [-0.2, 0) is 6.42 Å². The first kappa shape index (κ1) is 13.3. The highest BCUT2D eigenvalue weighted by atomic mass is 19.1. The minimum absolute atomic E-state index is 0.192. The van der Waals surface area contributed by atoms with Crippen LogP contribution in [0.25, 0.3) is 11.5 Å². The molecule has 0 amide bonds. The fourth-order valence-electron chi connectivity index (χ4n) is 2.61. The van der Waals surface area contributed by atoms with Crippen molar-refractivity contribution in [3.05, 3.63) is 55.8 Å².